The number of nitrogens with zero attached hydrogens (tertiary/aromatic N) is 1. The van der Waals surface area contributed by atoms with Crippen molar-refractivity contribution in [1.29, 1.82) is 0 Å². The molecule has 6 heteroatoms. The number of hydrogen-bond acceptors (Lipinski definition) is 5. The molecule has 0 saturated heterocycles. The Hall–Kier alpha value is -2.96. The second kappa shape index (κ2) is 9.03. The Bertz CT molecular complexity index is 1100. The van der Waals surface area contributed by atoms with Crippen molar-refractivity contribution in [3.63, 3.8) is 0 Å². The second-order valence-electron chi connectivity index (χ2n) is 6.53. The number of anilines is 2. The van der Waals surface area contributed by atoms with E-state index in [9.17, 15) is 4.79 Å². The van der Waals surface area contributed by atoms with E-state index in [0.717, 1.165) is 28.2 Å². The van der Waals surface area contributed by atoms with Crippen LogP contribution in [0.3, 0.4) is 0 Å². The maximum Gasteiger partial charge on any atom is 0.257 e. The molecule has 2 aromatic heterocycles. The van der Waals surface area contributed by atoms with Crippen molar-refractivity contribution in [3.8, 4) is 10.6 Å². The number of thiazole rings is 1. The minimum absolute atomic E-state index is 0.145. The highest BCUT2D eigenvalue weighted by molar-refractivity contribution is 7.16. The summed E-state index contributed by atoms with van der Waals surface area (Å²) in [7, 11) is 0. The molecule has 4 nitrogen and oxygen atoms in total. The zero-order valence-electron chi connectivity index (χ0n) is 16.0. The summed E-state index contributed by atoms with van der Waals surface area (Å²) >= 11 is 3.08. The zero-order valence-corrected chi connectivity index (χ0v) is 17.6. The Balaban J connectivity index is 1.42. The highest BCUT2D eigenvalue weighted by atomic mass is 32.1. The number of aromatic nitrogens is 1. The lowest BCUT2D eigenvalue weighted by Crippen LogP contribution is -2.12. The molecule has 4 rings (SSSR count). The number of carbonyl (C=O) groups excluding carboxylic acids is 1. The summed E-state index contributed by atoms with van der Waals surface area (Å²) in [5.41, 5.74) is 5.00. The van der Waals surface area contributed by atoms with Crippen LogP contribution in [0, 0.1) is 0 Å². The van der Waals surface area contributed by atoms with Gasteiger partial charge in [-0.15, -0.1) is 22.7 Å². The van der Waals surface area contributed by atoms with E-state index in [4.69, 9.17) is 0 Å². The molecular weight excluding hydrogens is 398 g/mol. The highest BCUT2D eigenvalue weighted by Crippen LogP contribution is 2.28. The fraction of sp³-hybridized carbons (Fsp3) is 0.130. The van der Waals surface area contributed by atoms with Gasteiger partial charge < -0.3 is 5.32 Å². The van der Waals surface area contributed by atoms with Gasteiger partial charge in [0.1, 0.15) is 0 Å². The summed E-state index contributed by atoms with van der Waals surface area (Å²) in [6.45, 7) is 2.81. The van der Waals surface area contributed by atoms with Crippen LogP contribution in [0.1, 0.15) is 28.4 Å². The monoisotopic (exact) mass is 419 g/mol. The van der Waals surface area contributed by atoms with Crippen molar-refractivity contribution in [1.82, 2.24) is 4.98 Å². The topological polar surface area (TPSA) is 54.0 Å². The summed E-state index contributed by atoms with van der Waals surface area (Å²) in [6.07, 6.45) is 0.979. The first-order valence-electron chi connectivity index (χ1n) is 9.44. The first-order valence-corrected chi connectivity index (χ1v) is 11.2. The lowest BCUT2D eigenvalue weighted by molar-refractivity contribution is 0.102. The molecule has 2 N–H and O–H groups in total. The standard InChI is InChI=1S/C23H21N3OS2/c1-2-17-8-3-4-10-19(17)24-14-16-7-5-9-18(13-16)22(27)26-23-25-20(15-29-23)21-11-6-12-28-21/h3-13,15,24H,2,14H2,1H3,(H,25,26,27). The minimum Gasteiger partial charge on any atom is -0.381 e. The van der Waals surface area contributed by atoms with Crippen molar-refractivity contribution < 1.29 is 4.79 Å². The van der Waals surface area contributed by atoms with E-state index < -0.39 is 0 Å². The average molecular weight is 420 g/mol. The normalized spacial score (nSPS) is 10.7. The predicted molar refractivity (Wildman–Crippen MR) is 123 cm³/mol. The van der Waals surface area contributed by atoms with Crippen LogP contribution in [0.15, 0.2) is 71.4 Å². The van der Waals surface area contributed by atoms with Crippen LogP contribution in [0.5, 0.6) is 0 Å². The Kier molecular flexibility index (Phi) is 6.03. The van der Waals surface area contributed by atoms with Gasteiger partial charge in [-0.2, -0.15) is 0 Å². The Morgan fingerprint density at radius 3 is 2.76 bits per heavy atom. The molecule has 29 heavy (non-hydrogen) atoms. The summed E-state index contributed by atoms with van der Waals surface area (Å²) in [4.78, 5) is 18.3. The lowest BCUT2D eigenvalue weighted by atomic mass is 10.1. The van der Waals surface area contributed by atoms with Crippen LogP contribution in [0.2, 0.25) is 0 Å². The number of rotatable bonds is 7. The molecule has 0 saturated carbocycles. The average Bonchev–Trinajstić information content (AvgIpc) is 3.44. The fourth-order valence-electron chi connectivity index (χ4n) is 3.06. The van der Waals surface area contributed by atoms with Crippen molar-refractivity contribution in [2.24, 2.45) is 0 Å². The molecule has 0 unspecified atom stereocenters. The molecule has 0 aliphatic rings. The number of carbonyl (C=O) groups is 1. The van der Waals surface area contributed by atoms with E-state index in [1.165, 1.54) is 16.9 Å². The summed E-state index contributed by atoms with van der Waals surface area (Å²) in [6, 6.07) is 20.0. The molecule has 2 heterocycles. The number of aryl methyl sites for hydroxylation is 1. The third kappa shape index (κ3) is 4.72. The van der Waals surface area contributed by atoms with Crippen LogP contribution in [0.25, 0.3) is 10.6 Å². The molecule has 0 fully saturated rings. The van der Waals surface area contributed by atoms with Crippen LogP contribution < -0.4 is 10.6 Å². The Morgan fingerprint density at radius 2 is 1.93 bits per heavy atom. The Labute approximate surface area is 178 Å². The molecule has 0 aliphatic heterocycles. The molecule has 1 amide bonds. The van der Waals surface area contributed by atoms with Crippen molar-refractivity contribution in [3.05, 3.63) is 88.1 Å². The fourth-order valence-corrected chi connectivity index (χ4v) is 4.53. The van der Waals surface area contributed by atoms with Crippen molar-refractivity contribution in [2.45, 2.75) is 19.9 Å². The molecule has 0 aliphatic carbocycles. The molecular formula is C23H21N3OS2. The van der Waals surface area contributed by atoms with Crippen molar-refractivity contribution >= 4 is 39.4 Å². The van der Waals surface area contributed by atoms with Gasteiger partial charge in [-0.3, -0.25) is 10.1 Å². The molecule has 0 radical (unpaired) electrons. The van der Waals surface area contributed by atoms with Crippen LogP contribution in [-0.4, -0.2) is 10.9 Å². The highest BCUT2D eigenvalue weighted by Gasteiger charge is 2.11. The van der Waals surface area contributed by atoms with Gasteiger partial charge in [-0.1, -0.05) is 43.3 Å². The van der Waals surface area contributed by atoms with E-state index in [0.29, 0.717) is 17.2 Å². The first kappa shape index (κ1) is 19.4. The quantitative estimate of drug-likeness (QED) is 0.370. The maximum absolute atomic E-state index is 12.7. The zero-order chi connectivity index (χ0) is 20.1. The number of nitrogens with one attached hydrogen (secondary N) is 2. The molecule has 0 atom stereocenters. The molecule has 2 aromatic carbocycles. The van der Waals surface area contributed by atoms with Gasteiger partial charge >= 0.3 is 0 Å². The third-order valence-electron chi connectivity index (χ3n) is 4.57. The van der Waals surface area contributed by atoms with E-state index in [1.807, 2.05) is 53.2 Å². The molecule has 146 valence electrons. The molecule has 0 bridgehead atoms. The smallest absolute Gasteiger partial charge is 0.257 e. The van der Waals surface area contributed by atoms with Gasteiger partial charge in [0.25, 0.3) is 5.91 Å². The second-order valence-corrected chi connectivity index (χ2v) is 8.34. The maximum atomic E-state index is 12.7. The summed E-state index contributed by atoms with van der Waals surface area (Å²) in [5.74, 6) is -0.145. The first-order chi connectivity index (χ1) is 14.2. The summed E-state index contributed by atoms with van der Waals surface area (Å²) < 4.78 is 0. The van der Waals surface area contributed by atoms with Gasteiger partial charge in [0.05, 0.1) is 10.6 Å². The Morgan fingerprint density at radius 1 is 1.03 bits per heavy atom. The van der Waals surface area contributed by atoms with Crippen LogP contribution in [0.4, 0.5) is 10.8 Å². The number of para-hydroxylation sites is 1. The van der Waals surface area contributed by atoms with Gasteiger partial charge in [-0.25, -0.2) is 4.98 Å². The van der Waals surface area contributed by atoms with Crippen molar-refractivity contribution in [2.75, 3.05) is 10.6 Å². The van der Waals surface area contributed by atoms with Crippen LogP contribution in [-0.2, 0) is 13.0 Å². The number of hydrogen-bond donors (Lipinski definition) is 2. The summed E-state index contributed by atoms with van der Waals surface area (Å²) in [5, 5.41) is 11.0. The predicted octanol–water partition coefficient (Wildman–Crippen LogP) is 6.30. The van der Waals surface area contributed by atoms with Gasteiger partial charge in [0.2, 0.25) is 0 Å². The lowest BCUT2D eigenvalue weighted by Gasteiger charge is -2.11. The van der Waals surface area contributed by atoms with E-state index in [2.05, 4.69) is 40.7 Å². The van der Waals surface area contributed by atoms with Gasteiger partial charge in [-0.05, 0) is 47.2 Å². The number of thiophene rings is 1. The molecule has 0 spiro atoms. The van der Waals surface area contributed by atoms with Crippen LogP contribution >= 0.6 is 22.7 Å². The number of amides is 1. The van der Waals surface area contributed by atoms with E-state index in [-0.39, 0.29) is 5.91 Å². The van der Waals surface area contributed by atoms with E-state index in [1.54, 1.807) is 11.3 Å². The SMILES string of the molecule is CCc1ccccc1NCc1cccc(C(=O)Nc2nc(-c3cccs3)cs2)c1. The van der Waals surface area contributed by atoms with Gasteiger partial charge in [0, 0.05) is 23.2 Å². The largest absolute Gasteiger partial charge is 0.381 e. The third-order valence-corrected chi connectivity index (χ3v) is 6.22. The minimum atomic E-state index is -0.145. The number of benzene rings is 2. The van der Waals surface area contributed by atoms with Gasteiger partial charge in [0.15, 0.2) is 5.13 Å². The molecule has 4 aromatic rings. The van der Waals surface area contributed by atoms with E-state index >= 15 is 0 Å².